The van der Waals surface area contributed by atoms with E-state index in [1.54, 1.807) is 0 Å². The van der Waals surface area contributed by atoms with Crippen molar-refractivity contribution in [3.63, 3.8) is 0 Å². The Balaban J connectivity index is 4.50. The summed E-state index contributed by atoms with van der Waals surface area (Å²) in [7, 11) is 21.8. The highest BCUT2D eigenvalue weighted by Gasteiger charge is 2.39. The van der Waals surface area contributed by atoms with Crippen molar-refractivity contribution >= 4 is 28.2 Å². The molecule has 0 unspecified atom stereocenters. The Morgan fingerprint density at radius 1 is 0.455 bits per heavy atom. The maximum atomic E-state index is 5.70. The van der Waals surface area contributed by atoms with Crippen molar-refractivity contribution in [2.75, 3.05) is 98.7 Å². The van der Waals surface area contributed by atoms with E-state index in [1.807, 2.05) is 30.3 Å². The first-order valence-corrected chi connectivity index (χ1v) is 15.6. The average Bonchev–Trinajstić information content (AvgIpc) is 2.68. The molecule has 192 valence electrons. The van der Waals surface area contributed by atoms with Crippen LogP contribution in [0.5, 0.6) is 0 Å². The molecule has 0 saturated carbocycles. The lowest BCUT2D eigenvalue weighted by molar-refractivity contribution is 0.472. The van der Waals surface area contributed by atoms with Gasteiger partial charge in [0.05, 0.1) is 5.69 Å². The topological polar surface area (TPSA) is 59.8 Å². The van der Waals surface area contributed by atoms with Gasteiger partial charge in [-0.15, -0.1) is 0 Å². The van der Waals surface area contributed by atoms with E-state index in [9.17, 15) is 0 Å². The number of nitrogens with zero attached hydrogens (tertiary/aromatic N) is 10. The maximum absolute atomic E-state index is 5.70. The van der Waals surface area contributed by atoms with E-state index in [4.69, 9.17) is 13.8 Å². The van der Waals surface area contributed by atoms with Gasteiger partial charge < -0.3 is 0 Å². The predicted octanol–water partition coefficient (Wildman–Crippen LogP) is 5.09. The fourth-order valence-corrected chi connectivity index (χ4v) is 17.3. The van der Waals surface area contributed by atoms with Crippen LogP contribution in [0.1, 0.15) is 0 Å². The standard InChI is InChI=1S/C20H47N10P3/c1-24(2)31(21-20-18-16-15-17-19-20,22-32(25(3)4,26(5)6)27(7)8)23-33(28(9)10,29(11)12)30(13)14/h15-19H,1-14H3. The number of hydrogen-bond acceptors (Lipinski definition) is 1. The van der Waals surface area contributed by atoms with Gasteiger partial charge in [-0.3, -0.25) is 28.0 Å². The lowest BCUT2D eigenvalue weighted by Crippen LogP contribution is -2.32. The summed E-state index contributed by atoms with van der Waals surface area (Å²) in [5.41, 5.74) is 0.885. The second-order valence-electron chi connectivity index (χ2n) is 9.15. The second kappa shape index (κ2) is 12.0. The third kappa shape index (κ3) is 6.25. The van der Waals surface area contributed by atoms with Crippen molar-refractivity contribution in [2.24, 2.45) is 13.8 Å². The minimum absolute atomic E-state index is 0.885. The summed E-state index contributed by atoms with van der Waals surface area (Å²) in [5.74, 6) is 0. The molecule has 1 rings (SSSR count). The number of benzene rings is 1. The maximum Gasteiger partial charge on any atom is 0.264 e. The zero-order valence-electron chi connectivity index (χ0n) is 23.2. The quantitative estimate of drug-likeness (QED) is 0.399. The zero-order valence-corrected chi connectivity index (χ0v) is 25.9. The molecule has 0 aliphatic heterocycles. The summed E-state index contributed by atoms with van der Waals surface area (Å²) in [6, 6.07) is 10.1. The highest BCUT2D eigenvalue weighted by atomic mass is 31.2. The van der Waals surface area contributed by atoms with Crippen molar-refractivity contribution in [3.8, 4) is 0 Å². The van der Waals surface area contributed by atoms with Gasteiger partial charge in [0, 0.05) is 0 Å². The Kier molecular flexibility index (Phi) is 11.2. The molecule has 0 N–H and O–H groups in total. The Hall–Kier alpha value is -0.370. The molecule has 0 aliphatic rings. The van der Waals surface area contributed by atoms with Gasteiger partial charge in [-0.1, -0.05) is 18.2 Å². The van der Waals surface area contributed by atoms with Crippen LogP contribution in [0, 0.1) is 0 Å². The summed E-state index contributed by atoms with van der Waals surface area (Å²) in [6.45, 7) is 0. The fourth-order valence-electron chi connectivity index (χ4n) is 3.91. The fraction of sp³-hybridized carbons (Fsp3) is 0.700. The van der Waals surface area contributed by atoms with Crippen molar-refractivity contribution in [3.05, 3.63) is 30.3 Å². The monoisotopic (exact) mass is 520 g/mol. The Labute approximate surface area is 203 Å². The molecule has 13 heteroatoms. The first-order chi connectivity index (χ1) is 15.1. The van der Waals surface area contributed by atoms with Crippen molar-refractivity contribution in [1.29, 1.82) is 0 Å². The molecule has 0 amide bonds. The summed E-state index contributed by atoms with van der Waals surface area (Å²) in [4.78, 5) is 0. The van der Waals surface area contributed by atoms with Gasteiger partial charge in [0.2, 0.25) is 0 Å². The highest BCUT2D eigenvalue weighted by molar-refractivity contribution is 7.76. The van der Waals surface area contributed by atoms with Crippen LogP contribution >= 0.6 is 22.5 Å². The second-order valence-corrected chi connectivity index (χ2v) is 19.6. The van der Waals surface area contributed by atoms with Gasteiger partial charge in [-0.25, -0.2) is 9.42 Å². The molecule has 0 atom stereocenters. The molecule has 0 aromatic heterocycles. The van der Waals surface area contributed by atoms with Gasteiger partial charge in [0.25, 0.3) is 7.51 Å². The largest absolute Gasteiger partial charge is 0.264 e. The molecule has 0 spiro atoms. The molecule has 0 saturated heterocycles. The number of rotatable bonds is 10. The average molecular weight is 521 g/mol. The third-order valence-electron chi connectivity index (χ3n) is 5.24. The Morgan fingerprint density at radius 3 is 1.00 bits per heavy atom. The van der Waals surface area contributed by atoms with Crippen LogP contribution in [-0.2, 0) is 0 Å². The van der Waals surface area contributed by atoms with E-state index < -0.39 is 22.5 Å². The lowest BCUT2D eigenvalue weighted by Gasteiger charge is -2.45. The van der Waals surface area contributed by atoms with Crippen molar-refractivity contribution in [1.82, 2.24) is 32.7 Å². The molecule has 33 heavy (non-hydrogen) atoms. The number of hydrogen-bond donors (Lipinski definition) is 0. The predicted molar refractivity (Wildman–Crippen MR) is 150 cm³/mol. The molecule has 1 aromatic rings. The van der Waals surface area contributed by atoms with Crippen LogP contribution in [0.25, 0.3) is 0 Å². The lowest BCUT2D eigenvalue weighted by atomic mass is 10.3. The normalized spacial score (nSPS) is 13.8. The molecule has 1 aromatic carbocycles. The van der Waals surface area contributed by atoms with Gasteiger partial charge in [-0.05, 0) is 111 Å². The SMILES string of the molecule is CN(C)P(=Nc1ccccc1)(N=P(N(C)C)(N(C)C)N(C)C)N=P(N(C)C)(N(C)C)N(C)C. The van der Waals surface area contributed by atoms with Crippen LogP contribution in [0.3, 0.4) is 0 Å². The molecular formula is C20H47N10P3. The minimum atomic E-state index is -2.80. The summed E-state index contributed by atoms with van der Waals surface area (Å²) in [5, 5.41) is 0. The van der Waals surface area contributed by atoms with Crippen LogP contribution < -0.4 is 0 Å². The molecule has 0 fully saturated rings. The molecule has 0 radical (unpaired) electrons. The molecule has 10 nitrogen and oxygen atoms in total. The molecular weight excluding hydrogens is 473 g/mol. The Bertz CT molecular complexity index is 816. The molecule has 0 heterocycles. The first kappa shape index (κ1) is 30.7. The van der Waals surface area contributed by atoms with Gasteiger partial charge in [0.1, 0.15) is 0 Å². The first-order valence-electron chi connectivity index (χ1n) is 10.8. The Morgan fingerprint density at radius 2 is 0.758 bits per heavy atom. The van der Waals surface area contributed by atoms with E-state index in [2.05, 4.69) is 131 Å². The van der Waals surface area contributed by atoms with Crippen LogP contribution in [0.2, 0.25) is 0 Å². The summed E-state index contributed by atoms with van der Waals surface area (Å²) >= 11 is 0. The van der Waals surface area contributed by atoms with E-state index in [-0.39, 0.29) is 0 Å². The van der Waals surface area contributed by atoms with Gasteiger partial charge in [0.15, 0.2) is 15.0 Å². The van der Waals surface area contributed by atoms with Crippen LogP contribution in [-0.4, -0.2) is 131 Å². The van der Waals surface area contributed by atoms with E-state index in [1.165, 1.54) is 0 Å². The van der Waals surface area contributed by atoms with Crippen LogP contribution in [0.4, 0.5) is 5.69 Å². The van der Waals surface area contributed by atoms with Crippen LogP contribution in [0.15, 0.2) is 44.1 Å². The highest BCUT2D eigenvalue weighted by Crippen LogP contribution is 2.74. The third-order valence-corrected chi connectivity index (χ3v) is 17.1. The molecule has 0 bridgehead atoms. The van der Waals surface area contributed by atoms with E-state index in [0.717, 1.165) is 5.69 Å². The van der Waals surface area contributed by atoms with Crippen molar-refractivity contribution < 1.29 is 0 Å². The summed E-state index contributed by atoms with van der Waals surface area (Å²) in [6.07, 6.45) is 0. The van der Waals surface area contributed by atoms with Crippen molar-refractivity contribution in [2.45, 2.75) is 0 Å². The summed E-state index contributed by atoms with van der Waals surface area (Å²) < 4.78 is 32.2. The van der Waals surface area contributed by atoms with Gasteiger partial charge >= 0.3 is 0 Å². The molecule has 0 aliphatic carbocycles. The van der Waals surface area contributed by atoms with Gasteiger partial charge in [-0.2, -0.15) is 9.03 Å². The minimum Gasteiger partial charge on any atom is -0.252 e. The van der Waals surface area contributed by atoms with E-state index >= 15 is 0 Å². The zero-order chi connectivity index (χ0) is 25.8. The smallest absolute Gasteiger partial charge is 0.252 e. The van der Waals surface area contributed by atoms with E-state index in [0.29, 0.717) is 0 Å².